The summed E-state index contributed by atoms with van der Waals surface area (Å²) in [5.41, 5.74) is 3.11. The van der Waals surface area contributed by atoms with Gasteiger partial charge in [-0.2, -0.15) is 5.26 Å². The van der Waals surface area contributed by atoms with Crippen molar-refractivity contribution in [3.63, 3.8) is 0 Å². The molecule has 29 heavy (non-hydrogen) atoms. The molecule has 2 aromatic heterocycles. The zero-order valence-corrected chi connectivity index (χ0v) is 19.4. The van der Waals surface area contributed by atoms with Gasteiger partial charge >= 0.3 is 0 Å². The second kappa shape index (κ2) is 7.43. The molecule has 6 heteroatoms. The highest BCUT2D eigenvalue weighted by Crippen LogP contribution is 2.44. The minimum absolute atomic E-state index is 0.237. The monoisotopic (exact) mass is 442 g/mol. The average molecular weight is 443 g/mol. The number of rotatable bonds is 2. The zero-order valence-electron chi connectivity index (χ0n) is 17.0. The molecule has 0 unspecified atom stereocenters. The third-order valence-corrected chi connectivity index (χ3v) is 8.65. The van der Waals surface area contributed by atoms with Gasteiger partial charge in [-0.1, -0.05) is 44.5 Å². The molecule has 1 atom stereocenters. The first-order valence-corrected chi connectivity index (χ1v) is 11.7. The summed E-state index contributed by atoms with van der Waals surface area (Å²) in [5, 5.41) is 14.8. The Hall–Kier alpha value is -1.87. The molecular formula is C23H23ClN2OS2. The van der Waals surface area contributed by atoms with Crippen LogP contribution in [-0.2, 0) is 12.8 Å². The second-order valence-corrected chi connectivity index (χ2v) is 11.4. The van der Waals surface area contributed by atoms with Crippen molar-refractivity contribution in [2.75, 3.05) is 5.32 Å². The van der Waals surface area contributed by atoms with E-state index >= 15 is 0 Å². The minimum atomic E-state index is -0.240. The number of fused-ring (bicyclic) bond motifs is 2. The van der Waals surface area contributed by atoms with E-state index in [4.69, 9.17) is 11.6 Å². The normalized spacial score (nSPS) is 16.5. The lowest BCUT2D eigenvalue weighted by Crippen LogP contribution is -2.26. The maximum atomic E-state index is 13.0. The Morgan fingerprint density at radius 1 is 1.31 bits per heavy atom. The Labute approximate surface area is 184 Å². The molecule has 0 saturated heterocycles. The highest BCUT2D eigenvalue weighted by atomic mass is 35.5. The highest BCUT2D eigenvalue weighted by Gasteiger charge is 2.32. The number of halogens is 1. The molecule has 150 valence electrons. The minimum Gasteiger partial charge on any atom is -0.312 e. The van der Waals surface area contributed by atoms with Crippen LogP contribution in [0.5, 0.6) is 0 Å². The van der Waals surface area contributed by atoms with Crippen LogP contribution in [0.1, 0.15) is 58.4 Å². The van der Waals surface area contributed by atoms with E-state index in [2.05, 4.69) is 32.2 Å². The fraction of sp³-hybridized carbons (Fsp3) is 0.391. The number of nitrogens with one attached hydrogen (secondary N) is 1. The molecule has 0 fully saturated rings. The number of nitrogens with zero attached hydrogens (tertiary/aromatic N) is 1. The molecule has 3 nitrogen and oxygen atoms in total. The molecule has 1 aliphatic rings. The number of aryl methyl sites for hydroxylation is 1. The standard InChI is InChI=1S/C23H23ClN2OS2/c1-12-5-7-15-17(9-12)28-20(19(15)24)21(27)26-22-16(11-25)14-8-6-13(23(2,3)4)10-18(14)29-22/h5,7,9,13H,6,8,10H2,1-4H3,(H,26,27)/t13-/m1/s1. The van der Waals surface area contributed by atoms with Gasteiger partial charge in [0, 0.05) is 15.0 Å². The van der Waals surface area contributed by atoms with Gasteiger partial charge < -0.3 is 5.32 Å². The second-order valence-electron chi connectivity index (χ2n) is 8.82. The molecule has 0 radical (unpaired) electrons. The van der Waals surface area contributed by atoms with E-state index < -0.39 is 0 Å². The van der Waals surface area contributed by atoms with Crippen molar-refractivity contribution < 1.29 is 4.79 Å². The van der Waals surface area contributed by atoms with E-state index in [-0.39, 0.29) is 11.3 Å². The van der Waals surface area contributed by atoms with Crippen LogP contribution in [0.3, 0.4) is 0 Å². The van der Waals surface area contributed by atoms with Crippen LogP contribution in [0.15, 0.2) is 18.2 Å². The summed E-state index contributed by atoms with van der Waals surface area (Å²) in [6, 6.07) is 8.32. The van der Waals surface area contributed by atoms with Crippen LogP contribution in [-0.4, -0.2) is 5.91 Å². The smallest absolute Gasteiger partial charge is 0.267 e. The number of thiophene rings is 2. The van der Waals surface area contributed by atoms with Crippen molar-refractivity contribution in [2.45, 2.75) is 47.0 Å². The third kappa shape index (κ3) is 3.70. The summed E-state index contributed by atoms with van der Waals surface area (Å²) in [6.07, 6.45) is 2.95. The van der Waals surface area contributed by atoms with Crippen LogP contribution in [0.4, 0.5) is 5.00 Å². The number of hydrogen-bond acceptors (Lipinski definition) is 4. The van der Waals surface area contributed by atoms with Crippen molar-refractivity contribution in [3.8, 4) is 6.07 Å². The Morgan fingerprint density at radius 2 is 2.07 bits per heavy atom. The first-order valence-electron chi connectivity index (χ1n) is 9.73. The molecule has 0 saturated carbocycles. The molecule has 1 amide bonds. The summed E-state index contributed by atoms with van der Waals surface area (Å²) in [7, 11) is 0. The van der Waals surface area contributed by atoms with Gasteiger partial charge in [0.05, 0.1) is 10.6 Å². The van der Waals surface area contributed by atoms with Gasteiger partial charge in [-0.15, -0.1) is 22.7 Å². The first kappa shape index (κ1) is 20.4. The molecule has 1 aliphatic carbocycles. The van der Waals surface area contributed by atoms with Gasteiger partial charge in [-0.3, -0.25) is 4.79 Å². The van der Waals surface area contributed by atoms with E-state index in [0.29, 0.717) is 26.4 Å². The van der Waals surface area contributed by atoms with Gasteiger partial charge in [0.2, 0.25) is 0 Å². The largest absolute Gasteiger partial charge is 0.312 e. The number of amides is 1. The summed E-state index contributed by atoms with van der Waals surface area (Å²) in [5.74, 6) is 0.348. The van der Waals surface area contributed by atoms with Crippen LogP contribution in [0, 0.1) is 29.6 Å². The average Bonchev–Trinajstić information content (AvgIpc) is 3.16. The Morgan fingerprint density at radius 3 is 2.76 bits per heavy atom. The number of anilines is 1. The van der Waals surface area contributed by atoms with E-state index in [0.717, 1.165) is 40.5 Å². The number of carbonyl (C=O) groups is 1. The van der Waals surface area contributed by atoms with Gasteiger partial charge in [0.25, 0.3) is 5.91 Å². The van der Waals surface area contributed by atoms with Crippen molar-refractivity contribution in [3.05, 3.63) is 49.7 Å². The quantitative estimate of drug-likeness (QED) is 0.456. The predicted octanol–water partition coefficient (Wildman–Crippen LogP) is 7.20. The van der Waals surface area contributed by atoms with Gasteiger partial charge in [0.15, 0.2) is 0 Å². The number of benzene rings is 1. The Bertz CT molecular complexity index is 1160. The lowest BCUT2D eigenvalue weighted by atomic mass is 9.72. The fourth-order valence-corrected chi connectivity index (χ4v) is 6.79. The molecule has 3 aromatic rings. The van der Waals surface area contributed by atoms with Crippen molar-refractivity contribution >= 4 is 55.3 Å². The summed E-state index contributed by atoms with van der Waals surface area (Å²) in [6.45, 7) is 8.84. The number of hydrogen-bond donors (Lipinski definition) is 1. The highest BCUT2D eigenvalue weighted by molar-refractivity contribution is 7.22. The number of nitriles is 1. The lowest BCUT2D eigenvalue weighted by Gasteiger charge is -2.33. The maximum Gasteiger partial charge on any atom is 0.267 e. The fourth-order valence-electron chi connectivity index (χ4n) is 4.01. The molecule has 4 rings (SSSR count). The van der Waals surface area contributed by atoms with E-state index in [9.17, 15) is 10.1 Å². The van der Waals surface area contributed by atoms with E-state index in [1.165, 1.54) is 16.2 Å². The van der Waals surface area contributed by atoms with Gasteiger partial charge in [0.1, 0.15) is 15.9 Å². The van der Waals surface area contributed by atoms with Crippen LogP contribution >= 0.6 is 34.3 Å². The van der Waals surface area contributed by atoms with Crippen molar-refractivity contribution in [1.82, 2.24) is 0 Å². The topological polar surface area (TPSA) is 52.9 Å². The van der Waals surface area contributed by atoms with E-state index in [1.807, 2.05) is 25.1 Å². The number of carbonyl (C=O) groups excluding carboxylic acids is 1. The zero-order chi connectivity index (χ0) is 20.9. The molecule has 2 heterocycles. The van der Waals surface area contributed by atoms with E-state index in [1.54, 1.807) is 11.3 Å². The summed E-state index contributed by atoms with van der Waals surface area (Å²) < 4.78 is 0.999. The lowest BCUT2D eigenvalue weighted by molar-refractivity contribution is 0.103. The van der Waals surface area contributed by atoms with Gasteiger partial charge in [-0.25, -0.2) is 0 Å². The molecular weight excluding hydrogens is 420 g/mol. The first-order chi connectivity index (χ1) is 13.7. The Balaban J connectivity index is 1.65. The van der Waals surface area contributed by atoms with Crippen LogP contribution in [0.25, 0.3) is 10.1 Å². The van der Waals surface area contributed by atoms with Gasteiger partial charge in [-0.05, 0) is 54.7 Å². The third-order valence-electron chi connectivity index (χ3n) is 5.82. The Kier molecular flexibility index (Phi) is 5.23. The molecule has 1 aromatic carbocycles. The maximum absolute atomic E-state index is 13.0. The predicted molar refractivity (Wildman–Crippen MR) is 124 cm³/mol. The molecule has 0 aliphatic heterocycles. The summed E-state index contributed by atoms with van der Waals surface area (Å²) >= 11 is 9.45. The van der Waals surface area contributed by atoms with Crippen LogP contribution < -0.4 is 5.32 Å². The molecule has 1 N–H and O–H groups in total. The van der Waals surface area contributed by atoms with Crippen molar-refractivity contribution in [2.24, 2.45) is 11.3 Å². The van der Waals surface area contributed by atoms with Crippen LogP contribution in [0.2, 0.25) is 5.02 Å². The molecule has 0 bridgehead atoms. The summed E-state index contributed by atoms with van der Waals surface area (Å²) in [4.78, 5) is 14.7. The SMILES string of the molecule is Cc1ccc2c(Cl)c(C(=O)Nc3sc4c(c3C#N)CC[C@@H](C(C)(C)C)C4)sc2c1. The van der Waals surface area contributed by atoms with Crippen molar-refractivity contribution in [1.29, 1.82) is 5.26 Å². The molecule has 0 spiro atoms.